The lowest BCUT2D eigenvalue weighted by molar-refractivity contribution is 0.443. The van der Waals surface area contributed by atoms with Crippen molar-refractivity contribution in [1.82, 2.24) is 24.9 Å². The Morgan fingerprint density at radius 3 is 1.34 bits per heavy atom. The Morgan fingerprint density at radius 2 is 0.845 bits per heavy atom. The molecule has 0 amide bonds. The zero-order valence-corrected chi connectivity index (χ0v) is 40.3. The van der Waals surface area contributed by atoms with Gasteiger partial charge in [0.2, 0.25) is 0 Å². The fourth-order valence-corrected chi connectivity index (χ4v) is 8.29. The first-order valence-corrected chi connectivity index (χ1v) is 24.8. The van der Waals surface area contributed by atoms with E-state index >= 15 is 0 Å². The van der Waals surface area contributed by atoms with Crippen LogP contribution in [-0.4, -0.2) is 24.9 Å². The van der Waals surface area contributed by atoms with Crippen LogP contribution in [0.4, 0.5) is 0 Å². The van der Waals surface area contributed by atoms with Crippen molar-refractivity contribution < 1.29 is 0 Å². The number of aromatic amines is 1. The predicted molar refractivity (Wildman–Crippen MR) is 304 cm³/mol. The summed E-state index contributed by atoms with van der Waals surface area (Å²) in [6.07, 6.45) is 16.1. The molecule has 354 valence electrons. The van der Waals surface area contributed by atoms with Crippen LogP contribution in [-0.2, 0) is 0 Å². The molecule has 12 aromatic rings. The molecule has 13 rings (SSSR count). The van der Waals surface area contributed by atoms with Crippen LogP contribution in [0.2, 0.25) is 0 Å². The summed E-state index contributed by atoms with van der Waals surface area (Å²) in [6, 6.07) is 82.4. The molecule has 0 radical (unpaired) electrons. The molecule has 1 fully saturated rings. The van der Waals surface area contributed by atoms with Crippen molar-refractivity contribution >= 4 is 44.0 Å². The van der Waals surface area contributed by atoms with Crippen LogP contribution in [0.3, 0.4) is 0 Å². The molecule has 1 aliphatic rings. The highest BCUT2D eigenvalue weighted by Gasteiger charge is 2.14. The first kappa shape index (κ1) is 52.1. The number of aromatic nitrogens is 5. The molecule has 0 spiro atoms. The topological polar surface area (TPSA) is 67.3 Å². The molecule has 0 aliphatic heterocycles. The minimum Gasteiger partial charge on any atom is -0.346 e. The number of nitrogens with zero attached hydrogens (tertiary/aromatic N) is 4. The van der Waals surface area contributed by atoms with Gasteiger partial charge in [0.05, 0.1) is 16.7 Å². The summed E-state index contributed by atoms with van der Waals surface area (Å²) in [6.45, 7) is 0. The Morgan fingerprint density at radius 1 is 0.380 bits per heavy atom. The van der Waals surface area contributed by atoms with Gasteiger partial charge >= 0.3 is 0 Å². The molecule has 1 N–H and O–H groups in total. The van der Waals surface area contributed by atoms with Crippen molar-refractivity contribution in [2.75, 3.05) is 0 Å². The van der Waals surface area contributed by atoms with E-state index in [0.717, 1.165) is 28.2 Å². The number of rotatable bonds is 3. The van der Waals surface area contributed by atoms with E-state index in [1.165, 1.54) is 65.0 Å². The second kappa shape index (κ2) is 30.9. The number of para-hydroxylation sites is 1. The molecule has 5 nitrogen and oxygen atoms in total. The molecule has 0 bridgehead atoms. The monoisotopic (exact) mass is 945 g/mol. The Balaban J connectivity index is 0.000000136. The van der Waals surface area contributed by atoms with Gasteiger partial charge < -0.3 is 4.98 Å². The maximum atomic E-state index is 4.20. The highest BCUT2D eigenvalue weighted by molar-refractivity contribution is 7.07. The Bertz CT molecular complexity index is 2880. The first-order chi connectivity index (χ1) is 34.8. The predicted octanol–water partition coefficient (Wildman–Crippen LogP) is 18.3. The van der Waals surface area contributed by atoms with Crippen LogP contribution in [0, 0.1) is 0 Å². The standard InChI is InChI=1S/C12H16.C12H10.C10H8.C9H7NS.C9H7N.C7H6N2.C5H5N.CH4/c2*1-3-7-11(8-4-1)12-9-5-2-6-10-12;1-2-6-10-8-4-3-7-9(10)5-1;1-2-4-8(5-3-1)9-6-11-7-10-9;1-2-6-9-8(4-1)5-3-7-10-9;1-2-6-3-5-9-7(6)8-4-1;1-2-4-6-5-3-1;/h1,3-4,7-8,12H,2,5-6,9-10H2;1-10H;1-8H;1-7H;1-7H;1-5H,(H,8,9);1-5H;1H4. The highest BCUT2D eigenvalue weighted by atomic mass is 32.1. The molecule has 71 heavy (non-hydrogen) atoms. The number of thiazole rings is 1. The largest absolute Gasteiger partial charge is 0.346 e. The molecule has 7 aromatic carbocycles. The van der Waals surface area contributed by atoms with Gasteiger partial charge in [0.1, 0.15) is 5.65 Å². The van der Waals surface area contributed by atoms with Crippen LogP contribution in [0.25, 0.3) is 55.1 Å². The van der Waals surface area contributed by atoms with Gasteiger partial charge in [-0.15, -0.1) is 11.3 Å². The minimum absolute atomic E-state index is 0. The molecular formula is C65H63N5S. The summed E-state index contributed by atoms with van der Waals surface area (Å²) in [5.41, 5.74) is 10.2. The van der Waals surface area contributed by atoms with Crippen molar-refractivity contribution in [1.29, 1.82) is 0 Å². The summed E-state index contributed by atoms with van der Waals surface area (Å²) < 4.78 is 0. The summed E-state index contributed by atoms with van der Waals surface area (Å²) >= 11 is 1.62. The number of nitrogens with one attached hydrogen (secondary N) is 1. The summed E-state index contributed by atoms with van der Waals surface area (Å²) in [7, 11) is 0. The third-order valence-corrected chi connectivity index (χ3v) is 11.9. The molecule has 0 saturated heterocycles. The van der Waals surface area contributed by atoms with Gasteiger partial charge in [0, 0.05) is 52.7 Å². The Hall–Kier alpha value is -8.32. The van der Waals surface area contributed by atoms with E-state index in [1.807, 2.05) is 109 Å². The Labute approximate surface area is 424 Å². The maximum absolute atomic E-state index is 4.20. The number of hydrogen-bond acceptors (Lipinski definition) is 5. The fraction of sp³-hybridized carbons (Fsp3) is 0.108. The smallest absolute Gasteiger partial charge is 0.137 e. The molecule has 5 aromatic heterocycles. The molecule has 0 unspecified atom stereocenters. The van der Waals surface area contributed by atoms with E-state index in [0.29, 0.717) is 0 Å². The number of pyridine rings is 3. The molecule has 1 aliphatic carbocycles. The van der Waals surface area contributed by atoms with E-state index in [9.17, 15) is 0 Å². The van der Waals surface area contributed by atoms with Crippen molar-refractivity contribution in [3.63, 3.8) is 0 Å². The normalized spacial score (nSPS) is 11.2. The van der Waals surface area contributed by atoms with Crippen molar-refractivity contribution in [2.45, 2.75) is 45.4 Å². The number of fused-ring (bicyclic) bond motifs is 3. The van der Waals surface area contributed by atoms with Crippen molar-refractivity contribution in [2.24, 2.45) is 0 Å². The van der Waals surface area contributed by atoms with Gasteiger partial charge in [-0.2, -0.15) is 0 Å². The molecule has 1 saturated carbocycles. The van der Waals surface area contributed by atoms with Crippen LogP contribution >= 0.6 is 11.3 Å². The van der Waals surface area contributed by atoms with Gasteiger partial charge in [-0.05, 0) is 88.7 Å². The SMILES string of the molecule is C.c1ccc(-c2ccccc2)cc1.c1ccc(-c2cscn2)cc1.c1ccc(C2CCCCC2)cc1.c1ccc2ccccc2c1.c1ccc2ncccc2c1.c1ccncc1.c1cnc2[nH]ccc2c1. The maximum Gasteiger partial charge on any atom is 0.137 e. The van der Waals surface area contributed by atoms with E-state index in [4.69, 9.17) is 0 Å². The average molecular weight is 946 g/mol. The van der Waals surface area contributed by atoms with Gasteiger partial charge in [-0.1, -0.05) is 227 Å². The number of hydrogen-bond donors (Lipinski definition) is 1. The van der Waals surface area contributed by atoms with E-state index in [2.05, 4.69) is 182 Å². The zero-order valence-electron chi connectivity index (χ0n) is 39.4. The number of H-pyrrole nitrogens is 1. The van der Waals surface area contributed by atoms with E-state index in [1.54, 1.807) is 35.5 Å². The zero-order chi connectivity index (χ0) is 47.9. The fourth-order valence-electron chi connectivity index (χ4n) is 7.73. The second-order valence-corrected chi connectivity index (χ2v) is 16.9. The lowest BCUT2D eigenvalue weighted by Crippen LogP contribution is -2.03. The van der Waals surface area contributed by atoms with Crippen molar-refractivity contribution in [3.05, 3.63) is 290 Å². The Kier molecular flexibility index (Phi) is 22.7. The second-order valence-electron chi connectivity index (χ2n) is 16.2. The average Bonchev–Trinajstić information content (AvgIpc) is 4.20. The van der Waals surface area contributed by atoms with Crippen molar-refractivity contribution in [3.8, 4) is 22.4 Å². The summed E-state index contributed by atoms with van der Waals surface area (Å²) in [5.74, 6) is 0.861. The number of benzene rings is 7. The van der Waals surface area contributed by atoms with Crippen LogP contribution in [0.15, 0.2) is 285 Å². The van der Waals surface area contributed by atoms with E-state index < -0.39 is 0 Å². The van der Waals surface area contributed by atoms with Crippen LogP contribution < -0.4 is 0 Å². The van der Waals surface area contributed by atoms with E-state index in [-0.39, 0.29) is 7.43 Å². The van der Waals surface area contributed by atoms with Crippen LogP contribution in [0.1, 0.15) is 51.0 Å². The van der Waals surface area contributed by atoms with Gasteiger partial charge in [0.25, 0.3) is 0 Å². The quantitative estimate of drug-likeness (QED) is 0.192. The third kappa shape index (κ3) is 18.3. The lowest BCUT2D eigenvalue weighted by atomic mass is 9.84. The lowest BCUT2D eigenvalue weighted by Gasteiger charge is -2.21. The molecular weight excluding hydrogens is 883 g/mol. The van der Waals surface area contributed by atoms with Gasteiger partial charge in [-0.25, -0.2) is 9.97 Å². The molecule has 5 heterocycles. The first-order valence-electron chi connectivity index (χ1n) is 23.9. The van der Waals surface area contributed by atoms with Crippen LogP contribution in [0.5, 0.6) is 0 Å². The minimum atomic E-state index is 0. The summed E-state index contributed by atoms with van der Waals surface area (Å²) in [4.78, 5) is 19.3. The molecule has 6 heteroatoms. The highest BCUT2D eigenvalue weighted by Crippen LogP contribution is 2.32. The van der Waals surface area contributed by atoms with Gasteiger partial charge in [0.15, 0.2) is 0 Å². The van der Waals surface area contributed by atoms with Gasteiger partial charge in [-0.3, -0.25) is 9.97 Å². The third-order valence-electron chi connectivity index (χ3n) is 11.3. The molecule has 0 atom stereocenters. The summed E-state index contributed by atoms with van der Waals surface area (Å²) in [5, 5.41) is 7.03.